The predicted octanol–water partition coefficient (Wildman–Crippen LogP) is 4.69. The van der Waals surface area contributed by atoms with Gasteiger partial charge in [0.25, 0.3) is 0 Å². The minimum absolute atomic E-state index is 0.0133. The molecule has 9 nitrogen and oxygen atoms in total. The number of aromatic nitrogens is 5. The Morgan fingerprint density at radius 2 is 2.00 bits per heavy atom. The molecule has 2 aliphatic carbocycles. The lowest BCUT2D eigenvalue weighted by Gasteiger charge is -2.36. The number of pyridine rings is 1. The van der Waals surface area contributed by atoms with Gasteiger partial charge in [-0.15, -0.1) is 0 Å². The number of carbonyl (C=O) groups is 1. The number of amides is 2. The number of likely N-dealkylation sites (tertiary alicyclic amines) is 1. The molecule has 4 heterocycles. The van der Waals surface area contributed by atoms with Crippen LogP contribution in [-0.2, 0) is 0 Å². The molecule has 3 aromatic heterocycles. The van der Waals surface area contributed by atoms with E-state index in [0.29, 0.717) is 29.1 Å². The number of hydrogen-bond acceptors (Lipinski definition) is 5. The van der Waals surface area contributed by atoms with E-state index in [1.165, 1.54) is 18.5 Å². The highest BCUT2D eigenvalue weighted by molar-refractivity contribution is 5.95. The van der Waals surface area contributed by atoms with E-state index in [1.807, 2.05) is 4.90 Å². The highest BCUT2D eigenvalue weighted by atomic mass is 19.4. The number of aliphatic hydroxyl groups excluding tert-OH is 1. The molecule has 0 aromatic carbocycles. The first-order valence-corrected chi connectivity index (χ1v) is 12.0. The Morgan fingerprint density at radius 1 is 1.20 bits per heavy atom. The van der Waals surface area contributed by atoms with E-state index in [0.717, 1.165) is 51.4 Å². The van der Waals surface area contributed by atoms with E-state index >= 15 is 0 Å². The number of urea groups is 1. The van der Waals surface area contributed by atoms with Crippen molar-refractivity contribution in [1.82, 2.24) is 29.9 Å². The van der Waals surface area contributed by atoms with Crippen LogP contribution < -0.4 is 5.32 Å². The van der Waals surface area contributed by atoms with Crippen molar-refractivity contribution in [3.63, 3.8) is 0 Å². The van der Waals surface area contributed by atoms with Crippen molar-refractivity contribution in [3.8, 4) is 11.4 Å². The standard InChI is InChI=1S/C23H26F3N7O2/c24-23(25,26)20(34)18-14-10-15(27-12-17(14)33(31-18)13-4-3-5-13)19-16(11-28-30-19)29-21(35)32-9-2-1-6-22(32)7-8-22/h10-13,20,34H,1-9H2,(H,28,30)(H,29,35). The van der Waals surface area contributed by atoms with Crippen LogP contribution in [0.4, 0.5) is 23.7 Å². The first-order valence-electron chi connectivity index (χ1n) is 12.0. The van der Waals surface area contributed by atoms with Crippen LogP contribution in [0.25, 0.3) is 22.3 Å². The van der Waals surface area contributed by atoms with Crippen molar-refractivity contribution in [2.75, 3.05) is 11.9 Å². The van der Waals surface area contributed by atoms with Crippen molar-refractivity contribution >= 4 is 22.6 Å². The first kappa shape index (κ1) is 22.3. The maximum Gasteiger partial charge on any atom is 0.420 e. The number of anilines is 1. The second-order valence-electron chi connectivity index (χ2n) is 9.87. The molecular formula is C23H26F3N7O2. The Kier molecular flexibility index (Phi) is 5.06. The Morgan fingerprint density at radius 3 is 2.69 bits per heavy atom. The van der Waals surface area contributed by atoms with Crippen LogP contribution >= 0.6 is 0 Å². The topological polar surface area (TPSA) is 112 Å². The molecule has 2 saturated carbocycles. The number of nitrogens with zero attached hydrogens (tertiary/aromatic N) is 5. The Hall–Kier alpha value is -3.15. The summed E-state index contributed by atoms with van der Waals surface area (Å²) in [6.07, 6.45) is 3.07. The molecule has 3 fully saturated rings. The lowest BCUT2D eigenvalue weighted by Crippen LogP contribution is -2.47. The fourth-order valence-electron chi connectivity index (χ4n) is 5.30. The molecule has 3 aliphatic rings. The molecular weight excluding hydrogens is 463 g/mol. The van der Waals surface area contributed by atoms with Crippen molar-refractivity contribution < 1.29 is 23.1 Å². The molecule has 2 amide bonds. The second-order valence-corrected chi connectivity index (χ2v) is 9.87. The number of hydrogen-bond donors (Lipinski definition) is 3. The molecule has 6 rings (SSSR count). The largest absolute Gasteiger partial charge is 0.420 e. The number of alkyl halides is 3. The molecule has 1 unspecified atom stereocenters. The van der Waals surface area contributed by atoms with Crippen molar-refractivity contribution in [3.05, 3.63) is 24.2 Å². The normalized spacial score (nSPS) is 20.7. The van der Waals surface area contributed by atoms with Crippen LogP contribution in [0, 0.1) is 0 Å². The third kappa shape index (κ3) is 3.74. The van der Waals surface area contributed by atoms with Crippen LogP contribution in [0.5, 0.6) is 0 Å². The summed E-state index contributed by atoms with van der Waals surface area (Å²) in [6, 6.07) is 1.24. The zero-order valence-corrected chi connectivity index (χ0v) is 19.0. The summed E-state index contributed by atoms with van der Waals surface area (Å²) >= 11 is 0. The van der Waals surface area contributed by atoms with Gasteiger partial charge in [-0.3, -0.25) is 14.8 Å². The van der Waals surface area contributed by atoms with Gasteiger partial charge in [0.2, 0.25) is 0 Å². The number of carbonyl (C=O) groups excluding carboxylic acids is 1. The highest BCUT2D eigenvalue weighted by Gasteiger charge is 2.51. The monoisotopic (exact) mass is 489 g/mol. The summed E-state index contributed by atoms with van der Waals surface area (Å²) in [5.41, 5.74) is 1.03. The van der Waals surface area contributed by atoms with E-state index in [2.05, 4.69) is 25.6 Å². The van der Waals surface area contributed by atoms with Gasteiger partial charge in [-0.1, -0.05) is 0 Å². The van der Waals surface area contributed by atoms with Gasteiger partial charge < -0.3 is 15.3 Å². The molecule has 186 valence electrons. The highest BCUT2D eigenvalue weighted by Crippen LogP contribution is 2.48. The van der Waals surface area contributed by atoms with Gasteiger partial charge in [0.1, 0.15) is 11.4 Å². The minimum atomic E-state index is -4.85. The van der Waals surface area contributed by atoms with Gasteiger partial charge in [-0.25, -0.2) is 4.79 Å². The van der Waals surface area contributed by atoms with E-state index in [1.54, 1.807) is 4.68 Å². The van der Waals surface area contributed by atoms with Gasteiger partial charge in [-0.2, -0.15) is 23.4 Å². The third-order valence-corrected chi connectivity index (χ3v) is 7.67. The number of fused-ring (bicyclic) bond motifs is 1. The number of aromatic amines is 1. The molecule has 0 radical (unpaired) electrons. The number of halogens is 3. The van der Waals surface area contributed by atoms with Gasteiger partial charge in [0.05, 0.1) is 35.3 Å². The lowest BCUT2D eigenvalue weighted by atomic mass is 9.93. The van der Waals surface area contributed by atoms with E-state index in [4.69, 9.17) is 0 Å². The number of nitrogens with one attached hydrogen (secondary N) is 2. The summed E-state index contributed by atoms with van der Waals surface area (Å²) in [4.78, 5) is 19.4. The average Bonchev–Trinajstić information content (AvgIpc) is 3.24. The van der Waals surface area contributed by atoms with Crippen LogP contribution in [0.2, 0.25) is 0 Å². The van der Waals surface area contributed by atoms with Crippen molar-refractivity contribution in [2.45, 2.75) is 75.2 Å². The molecule has 1 atom stereocenters. The Balaban J connectivity index is 1.35. The van der Waals surface area contributed by atoms with Crippen LogP contribution in [0.3, 0.4) is 0 Å². The van der Waals surface area contributed by atoms with Crippen LogP contribution in [-0.4, -0.2) is 59.3 Å². The van der Waals surface area contributed by atoms with Gasteiger partial charge in [0.15, 0.2) is 6.10 Å². The zero-order chi connectivity index (χ0) is 24.4. The molecule has 35 heavy (non-hydrogen) atoms. The summed E-state index contributed by atoms with van der Waals surface area (Å²) in [7, 11) is 0. The number of H-pyrrole nitrogens is 1. The fraction of sp³-hybridized carbons (Fsp3) is 0.565. The van der Waals surface area contributed by atoms with E-state index in [-0.39, 0.29) is 23.0 Å². The molecule has 3 aromatic rings. The third-order valence-electron chi connectivity index (χ3n) is 7.67. The number of aliphatic hydroxyl groups is 1. The van der Waals surface area contributed by atoms with E-state index in [9.17, 15) is 23.1 Å². The summed E-state index contributed by atoms with van der Waals surface area (Å²) in [5.74, 6) is 0. The fourth-order valence-corrected chi connectivity index (χ4v) is 5.30. The minimum Gasteiger partial charge on any atom is -0.378 e. The average molecular weight is 490 g/mol. The molecule has 1 aliphatic heterocycles. The smallest absolute Gasteiger partial charge is 0.378 e. The van der Waals surface area contributed by atoms with Gasteiger partial charge in [-0.05, 0) is 57.4 Å². The lowest BCUT2D eigenvalue weighted by molar-refractivity contribution is -0.207. The summed E-state index contributed by atoms with van der Waals surface area (Å²) in [6.45, 7) is 0.697. The maximum absolute atomic E-state index is 13.4. The van der Waals surface area contributed by atoms with Gasteiger partial charge in [0, 0.05) is 17.5 Å². The second kappa shape index (κ2) is 7.94. The molecule has 1 saturated heterocycles. The Labute approximate surface area is 198 Å². The predicted molar refractivity (Wildman–Crippen MR) is 121 cm³/mol. The van der Waals surface area contributed by atoms with Crippen LogP contribution in [0.15, 0.2) is 18.5 Å². The molecule has 3 N–H and O–H groups in total. The van der Waals surface area contributed by atoms with Gasteiger partial charge >= 0.3 is 12.2 Å². The number of piperidine rings is 1. The van der Waals surface area contributed by atoms with Crippen molar-refractivity contribution in [2.24, 2.45) is 0 Å². The van der Waals surface area contributed by atoms with Crippen LogP contribution in [0.1, 0.15) is 69.2 Å². The molecule has 12 heteroatoms. The maximum atomic E-state index is 13.4. The SMILES string of the molecule is O=C(Nc1cn[nH]c1-c1cc2c(C(O)C(F)(F)F)nn(C3CCC3)c2cn1)N1CCCCC12CC2. The Bertz CT molecular complexity index is 1280. The van der Waals surface area contributed by atoms with E-state index < -0.39 is 18.0 Å². The summed E-state index contributed by atoms with van der Waals surface area (Å²) < 4.78 is 41.8. The first-order chi connectivity index (χ1) is 16.8. The molecule has 0 bridgehead atoms. The summed E-state index contributed by atoms with van der Waals surface area (Å²) in [5, 5.41) is 24.1. The quantitative estimate of drug-likeness (QED) is 0.492. The van der Waals surface area contributed by atoms with Crippen molar-refractivity contribution in [1.29, 1.82) is 0 Å². The molecule has 1 spiro atoms. The number of rotatable bonds is 4. The zero-order valence-electron chi connectivity index (χ0n) is 19.0.